The first-order valence-corrected chi connectivity index (χ1v) is 7.83. The molecule has 1 unspecified atom stereocenters. The number of hydrogen-bond donors (Lipinski definition) is 3. The molecule has 1 aromatic rings. The van der Waals surface area contributed by atoms with Crippen molar-refractivity contribution < 1.29 is 28.1 Å². The van der Waals surface area contributed by atoms with Crippen molar-refractivity contribution in [2.45, 2.75) is 44.4 Å². The van der Waals surface area contributed by atoms with E-state index in [2.05, 4.69) is 20.3 Å². The summed E-state index contributed by atoms with van der Waals surface area (Å²) >= 11 is 0. The van der Waals surface area contributed by atoms with Gasteiger partial charge in [-0.3, -0.25) is 4.98 Å². The fourth-order valence-corrected chi connectivity index (χ4v) is 2.29. The highest BCUT2D eigenvalue weighted by atomic mass is 19.4. The molecule has 0 saturated carbocycles. The van der Waals surface area contributed by atoms with E-state index in [1.807, 2.05) is 13.8 Å². The standard InChI is InChI=1S/C15H21F3N4O3/c1-8(2)20-4-10-14(24)13(23)9(7-25-10)3-21-12-6-19-5-11(22-12)15(16,17)18/h3,5-6,8-10,13-14,20,23-24H,4,7H2,1-2H3/t9?,10-,13-,14+/m1/s1. The van der Waals surface area contributed by atoms with Gasteiger partial charge in [-0.25, -0.2) is 9.98 Å². The molecule has 0 aliphatic carbocycles. The molecule has 1 aliphatic heterocycles. The van der Waals surface area contributed by atoms with Crippen molar-refractivity contribution in [3.05, 3.63) is 18.1 Å². The fourth-order valence-electron chi connectivity index (χ4n) is 2.29. The van der Waals surface area contributed by atoms with Crippen LogP contribution in [0.1, 0.15) is 19.5 Å². The first-order chi connectivity index (χ1) is 11.7. The maximum absolute atomic E-state index is 12.6. The Balaban J connectivity index is 2.00. The lowest BCUT2D eigenvalue weighted by Crippen LogP contribution is -2.54. The van der Waals surface area contributed by atoms with Gasteiger partial charge in [0.1, 0.15) is 6.10 Å². The molecule has 1 fully saturated rings. The highest BCUT2D eigenvalue weighted by Crippen LogP contribution is 2.28. The summed E-state index contributed by atoms with van der Waals surface area (Å²) < 4.78 is 43.3. The number of alkyl halides is 3. The van der Waals surface area contributed by atoms with Crippen molar-refractivity contribution in [3.63, 3.8) is 0 Å². The molecule has 0 spiro atoms. The Labute approximate surface area is 143 Å². The molecule has 0 bridgehead atoms. The molecular formula is C15H21F3N4O3. The van der Waals surface area contributed by atoms with E-state index in [1.54, 1.807) is 0 Å². The first kappa shape index (κ1) is 19.7. The van der Waals surface area contributed by atoms with Crippen molar-refractivity contribution in [2.24, 2.45) is 10.9 Å². The number of nitrogens with one attached hydrogen (secondary N) is 1. The van der Waals surface area contributed by atoms with Gasteiger partial charge in [0.15, 0.2) is 11.5 Å². The van der Waals surface area contributed by atoms with Crippen LogP contribution in [0.25, 0.3) is 0 Å². The molecule has 1 saturated heterocycles. The second-order valence-electron chi connectivity index (χ2n) is 6.12. The van der Waals surface area contributed by atoms with E-state index in [1.165, 1.54) is 6.21 Å². The molecule has 2 rings (SSSR count). The van der Waals surface area contributed by atoms with Crippen LogP contribution in [0.2, 0.25) is 0 Å². The van der Waals surface area contributed by atoms with E-state index in [0.717, 1.165) is 6.20 Å². The summed E-state index contributed by atoms with van der Waals surface area (Å²) in [6, 6.07) is 0.201. The lowest BCUT2D eigenvalue weighted by molar-refractivity contribution is -0.147. The van der Waals surface area contributed by atoms with E-state index in [9.17, 15) is 23.4 Å². The second-order valence-corrected chi connectivity index (χ2v) is 6.12. The summed E-state index contributed by atoms with van der Waals surface area (Å²) in [4.78, 5) is 10.6. The van der Waals surface area contributed by atoms with Gasteiger partial charge in [0.25, 0.3) is 0 Å². The molecule has 2 heterocycles. The summed E-state index contributed by atoms with van der Waals surface area (Å²) in [5.41, 5.74) is -1.15. The number of hydrogen-bond acceptors (Lipinski definition) is 7. The van der Waals surface area contributed by atoms with Gasteiger partial charge < -0.3 is 20.3 Å². The molecule has 1 aliphatic rings. The van der Waals surface area contributed by atoms with Crippen LogP contribution >= 0.6 is 0 Å². The molecule has 140 valence electrons. The minimum absolute atomic E-state index is 0.0819. The normalized spacial score (nSPS) is 28.0. The third kappa shape index (κ3) is 5.43. The van der Waals surface area contributed by atoms with E-state index >= 15 is 0 Å². The first-order valence-electron chi connectivity index (χ1n) is 7.83. The average molecular weight is 362 g/mol. The van der Waals surface area contributed by atoms with Crippen LogP contribution in [0.15, 0.2) is 17.4 Å². The zero-order valence-corrected chi connectivity index (χ0v) is 13.8. The van der Waals surface area contributed by atoms with Crippen LogP contribution in [-0.2, 0) is 10.9 Å². The Kier molecular flexibility index (Phi) is 6.44. The maximum Gasteiger partial charge on any atom is 0.434 e. The topological polar surface area (TPSA) is 99.9 Å². The Morgan fingerprint density at radius 2 is 2.08 bits per heavy atom. The number of rotatable bonds is 5. The Hall–Kier alpha value is -1.62. The van der Waals surface area contributed by atoms with Crippen LogP contribution in [0.4, 0.5) is 19.0 Å². The Morgan fingerprint density at radius 1 is 1.36 bits per heavy atom. The number of aliphatic imine (C=N–C) groups is 1. The van der Waals surface area contributed by atoms with Crippen LogP contribution in [0.3, 0.4) is 0 Å². The van der Waals surface area contributed by atoms with Gasteiger partial charge in [-0.2, -0.15) is 13.2 Å². The van der Waals surface area contributed by atoms with E-state index in [0.29, 0.717) is 12.7 Å². The highest BCUT2D eigenvalue weighted by molar-refractivity contribution is 5.65. The van der Waals surface area contributed by atoms with E-state index in [4.69, 9.17) is 4.74 Å². The quantitative estimate of drug-likeness (QED) is 0.674. The van der Waals surface area contributed by atoms with Crippen molar-refractivity contribution in [1.82, 2.24) is 15.3 Å². The van der Waals surface area contributed by atoms with Gasteiger partial charge in [0, 0.05) is 24.7 Å². The van der Waals surface area contributed by atoms with Crippen LogP contribution in [0, 0.1) is 5.92 Å². The number of aliphatic hydroxyl groups is 2. The third-order valence-electron chi connectivity index (χ3n) is 3.71. The Bertz CT molecular complexity index is 598. The van der Waals surface area contributed by atoms with Crippen LogP contribution < -0.4 is 5.32 Å². The maximum atomic E-state index is 12.6. The molecule has 0 aromatic carbocycles. The predicted octanol–water partition coefficient (Wildman–Crippen LogP) is 0.932. The monoisotopic (exact) mass is 362 g/mol. The molecule has 10 heteroatoms. The van der Waals surface area contributed by atoms with Gasteiger partial charge in [0.2, 0.25) is 0 Å². The van der Waals surface area contributed by atoms with Crippen LogP contribution in [-0.4, -0.2) is 63.9 Å². The number of nitrogens with zero attached hydrogens (tertiary/aromatic N) is 3. The third-order valence-corrected chi connectivity index (χ3v) is 3.71. The molecule has 0 amide bonds. The summed E-state index contributed by atoms with van der Waals surface area (Å²) in [6.45, 7) is 4.34. The van der Waals surface area contributed by atoms with Crippen molar-refractivity contribution in [2.75, 3.05) is 13.2 Å². The zero-order chi connectivity index (χ0) is 18.6. The highest BCUT2D eigenvalue weighted by Gasteiger charge is 2.37. The summed E-state index contributed by atoms with van der Waals surface area (Å²) in [7, 11) is 0. The molecule has 4 atom stereocenters. The average Bonchev–Trinajstić information content (AvgIpc) is 2.54. The zero-order valence-electron chi connectivity index (χ0n) is 13.8. The second kappa shape index (κ2) is 8.17. The summed E-state index contributed by atoms with van der Waals surface area (Å²) in [5.74, 6) is -0.901. The molecule has 25 heavy (non-hydrogen) atoms. The van der Waals surface area contributed by atoms with Crippen molar-refractivity contribution in [1.29, 1.82) is 0 Å². The lowest BCUT2D eigenvalue weighted by Gasteiger charge is -2.36. The number of aliphatic hydroxyl groups excluding tert-OH is 2. The fraction of sp³-hybridized carbons (Fsp3) is 0.667. The van der Waals surface area contributed by atoms with Gasteiger partial charge >= 0.3 is 6.18 Å². The van der Waals surface area contributed by atoms with Gasteiger partial charge in [-0.1, -0.05) is 13.8 Å². The van der Waals surface area contributed by atoms with Gasteiger partial charge in [-0.15, -0.1) is 0 Å². The molecular weight excluding hydrogens is 341 g/mol. The van der Waals surface area contributed by atoms with E-state index < -0.39 is 36.1 Å². The largest absolute Gasteiger partial charge is 0.434 e. The van der Waals surface area contributed by atoms with Gasteiger partial charge in [0.05, 0.1) is 31.2 Å². The van der Waals surface area contributed by atoms with Crippen LogP contribution in [0.5, 0.6) is 0 Å². The number of halogens is 3. The van der Waals surface area contributed by atoms with E-state index in [-0.39, 0.29) is 18.5 Å². The minimum Gasteiger partial charge on any atom is -0.390 e. The van der Waals surface area contributed by atoms with Gasteiger partial charge in [-0.05, 0) is 0 Å². The minimum atomic E-state index is -4.61. The molecule has 0 radical (unpaired) electrons. The summed E-state index contributed by atoms with van der Waals surface area (Å²) in [5, 5.41) is 23.4. The SMILES string of the molecule is CC(C)NC[C@H]1OCC(C=Nc2cncc(C(F)(F)F)n2)[C@@H](O)[C@H]1O. The van der Waals surface area contributed by atoms with Crippen molar-refractivity contribution >= 4 is 12.0 Å². The Morgan fingerprint density at radius 3 is 2.72 bits per heavy atom. The molecule has 1 aromatic heterocycles. The lowest BCUT2D eigenvalue weighted by atomic mass is 9.93. The molecule has 7 nitrogen and oxygen atoms in total. The van der Waals surface area contributed by atoms with Crippen molar-refractivity contribution in [3.8, 4) is 0 Å². The number of aromatic nitrogens is 2. The predicted molar refractivity (Wildman–Crippen MR) is 83.6 cm³/mol. The number of ether oxygens (including phenoxy) is 1. The molecule has 3 N–H and O–H groups in total. The smallest absolute Gasteiger partial charge is 0.390 e. The summed E-state index contributed by atoms with van der Waals surface area (Å²) in [6.07, 6.45) is -4.56.